The summed E-state index contributed by atoms with van der Waals surface area (Å²) in [4.78, 5) is 1.11. The van der Waals surface area contributed by atoms with Crippen LogP contribution in [0.1, 0.15) is 38.0 Å². The smallest absolute Gasteiger partial charge is 0.250 e. The maximum Gasteiger partial charge on any atom is 0.250 e. The highest BCUT2D eigenvalue weighted by molar-refractivity contribution is 7.91. The minimum atomic E-state index is -3.37. The molecule has 0 radical (unpaired) electrons. The van der Waals surface area contributed by atoms with Crippen LogP contribution in [0.5, 0.6) is 0 Å². The molecule has 1 aromatic heterocycles. The average molecular weight is 331 g/mol. The van der Waals surface area contributed by atoms with Crippen LogP contribution in [0.2, 0.25) is 0 Å². The van der Waals surface area contributed by atoms with E-state index in [4.69, 9.17) is 0 Å². The summed E-state index contributed by atoms with van der Waals surface area (Å²) in [5.74, 6) is 1.11. The number of hydrogen-bond donors (Lipinski definition) is 2. The number of sulfonamides is 1. The fourth-order valence-electron chi connectivity index (χ4n) is 2.98. The molecule has 2 rings (SSSR count). The van der Waals surface area contributed by atoms with Gasteiger partial charge in [0, 0.05) is 10.9 Å². The Morgan fingerprint density at radius 1 is 1.29 bits per heavy atom. The van der Waals surface area contributed by atoms with Gasteiger partial charge in [0.05, 0.1) is 0 Å². The van der Waals surface area contributed by atoms with Gasteiger partial charge in [0.25, 0.3) is 0 Å². The highest BCUT2D eigenvalue weighted by Crippen LogP contribution is 2.30. The summed E-state index contributed by atoms with van der Waals surface area (Å²) in [6, 6.07) is 3.73. The van der Waals surface area contributed by atoms with Crippen LogP contribution < -0.4 is 10.0 Å². The number of hydrogen-bond acceptors (Lipinski definition) is 4. The zero-order valence-corrected chi connectivity index (χ0v) is 14.7. The van der Waals surface area contributed by atoms with Gasteiger partial charge in [-0.05, 0) is 63.2 Å². The Morgan fingerprint density at radius 2 is 2.05 bits per heavy atom. The predicted molar refractivity (Wildman–Crippen MR) is 88.2 cm³/mol. The maximum atomic E-state index is 12.5. The maximum absolute atomic E-state index is 12.5. The minimum Gasteiger partial charge on any atom is -0.319 e. The van der Waals surface area contributed by atoms with Crippen molar-refractivity contribution in [3.05, 3.63) is 17.0 Å². The van der Waals surface area contributed by atoms with E-state index in [9.17, 15) is 8.42 Å². The van der Waals surface area contributed by atoms with Crippen LogP contribution in [0.15, 0.2) is 16.3 Å². The highest BCUT2D eigenvalue weighted by atomic mass is 32.2. The molecule has 0 aliphatic heterocycles. The van der Waals surface area contributed by atoms with Crippen molar-refractivity contribution in [3.63, 3.8) is 0 Å². The molecule has 2 N–H and O–H groups in total. The largest absolute Gasteiger partial charge is 0.319 e. The molecule has 0 saturated heterocycles. The molecule has 0 amide bonds. The number of rotatable bonds is 6. The van der Waals surface area contributed by atoms with Crippen molar-refractivity contribution in [3.8, 4) is 0 Å². The van der Waals surface area contributed by atoms with E-state index in [2.05, 4.69) is 23.9 Å². The van der Waals surface area contributed by atoms with Gasteiger partial charge in [0.1, 0.15) is 4.21 Å². The number of thiophene rings is 1. The quantitative estimate of drug-likeness (QED) is 0.843. The predicted octanol–water partition coefficient (Wildman–Crippen LogP) is 2.61. The molecule has 3 atom stereocenters. The van der Waals surface area contributed by atoms with E-state index in [0.717, 1.165) is 37.1 Å². The molecular formula is C15H26N2O2S2. The molecule has 1 fully saturated rings. The molecule has 21 heavy (non-hydrogen) atoms. The van der Waals surface area contributed by atoms with Gasteiger partial charge >= 0.3 is 0 Å². The fraction of sp³-hybridized carbons (Fsp3) is 0.733. The lowest BCUT2D eigenvalue weighted by Crippen LogP contribution is -2.42. The zero-order chi connectivity index (χ0) is 15.5. The molecule has 1 aliphatic rings. The van der Waals surface area contributed by atoms with Gasteiger partial charge in [0.2, 0.25) is 10.0 Å². The fourth-order valence-corrected chi connectivity index (χ4v) is 5.73. The third-order valence-electron chi connectivity index (χ3n) is 4.26. The lowest BCUT2D eigenvalue weighted by atomic mass is 9.80. The SMILES string of the molecule is CNCCc1ccc(S(=O)(=O)NC2CCC(C)CC2C)s1. The van der Waals surface area contributed by atoms with Crippen molar-refractivity contribution in [2.24, 2.45) is 11.8 Å². The Labute approximate surface area is 132 Å². The second kappa shape index (κ2) is 7.22. The molecule has 1 aromatic rings. The van der Waals surface area contributed by atoms with Crippen LogP contribution in [0.25, 0.3) is 0 Å². The Kier molecular flexibility index (Phi) is 5.82. The molecule has 0 spiro atoms. The summed E-state index contributed by atoms with van der Waals surface area (Å²) in [7, 11) is -1.47. The first kappa shape index (κ1) is 16.9. The Balaban J connectivity index is 2.02. The van der Waals surface area contributed by atoms with Crippen molar-refractivity contribution in [1.82, 2.24) is 10.0 Å². The van der Waals surface area contributed by atoms with Gasteiger partial charge in [-0.15, -0.1) is 11.3 Å². The van der Waals surface area contributed by atoms with E-state index in [-0.39, 0.29) is 6.04 Å². The van der Waals surface area contributed by atoms with Crippen molar-refractivity contribution >= 4 is 21.4 Å². The molecule has 6 heteroatoms. The Hall–Kier alpha value is -0.430. The second-order valence-corrected chi connectivity index (χ2v) is 9.31. The summed E-state index contributed by atoms with van der Waals surface area (Å²) in [6.45, 7) is 5.26. The third-order valence-corrected chi connectivity index (χ3v) is 7.39. The van der Waals surface area contributed by atoms with Gasteiger partial charge < -0.3 is 5.32 Å². The summed E-state index contributed by atoms with van der Waals surface area (Å²) >= 11 is 1.38. The monoisotopic (exact) mass is 330 g/mol. The molecule has 0 aromatic carbocycles. The van der Waals surface area contributed by atoms with Crippen molar-refractivity contribution in [2.45, 2.75) is 49.8 Å². The Morgan fingerprint density at radius 3 is 2.71 bits per heavy atom. The van der Waals surface area contributed by atoms with Crippen LogP contribution in [0.4, 0.5) is 0 Å². The summed E-state index contributed by atoms with van der Waals surface area (Å²) < 4.78 is 28.4. The van der Waals surface area contributed by atoms with E-state index in [1.54, 1.807) is 6.07 Å². The topological polar surface area (TPSA) is 58.2 Å². The standard InChI is InChI=1S/C15H26N2O2S2/c1-11-4-6-14(12(2)10-11)17-21(18,19)15-7-5-13(20-15)8-9-16-3/h5,7,11-12,14,16-17H,4,6,8-10H2,1-3H3. The molecule has 1 saturated carbocycles. The van der Waals surface area contributed by atoms with E-state index < -0.39 is 10.0 Å². The van der Waals surface area contributed by atoms with Crippen LogP contribution in [-0.2, 0) is 16.4 Å². The summed E-state index contributed by atoms with van der Waals surface area (Å²) in [5, 5.41) is 3.08. The lowest BCUT2D eigenvalue weighted by Gasteiger charge is -2.32. The van der Waals surface area contributed by atoms with Gasteiger partial charge in [-0.25, -0.2) is 13.1 Å². The van der Waals surface area contributed by atoms with Crippen LogP contribution in [0, 0.1) is 11.8 Å². The number of likely N-dealkylation sites (N-methyl/N-ethyl adjacent to an activating group) is 1. The van der Waals surface area contributed by atoms with Crippen molar-refractivity contribution in [1.29, 1.82) is 0 Å². The van der Waals surface area contributed by atoms with Crippen LogP contribution in [-0.4, -0.2) is 28.1 Å². The number of nitrogens with one attached hydrogen (secondary N) is 2. The first-order valence-electron chi connectivity index (χ1n) is 7.68. The van der Waals surface area contributed by atoms with Gasteiger partial charge in [0.15, 0.2) is 0 Å². The summed E-state index contributed by atoms with van der Waals surface area (Å²) in [6.07, 6.45) is 4.02. The normalized spacial score (nSPS) is 26.9. The van der Waals surface area contributed by atoms with Gasteiger partial charge in [-0.1, -0.05) is 13.8 Å². The first-order chi connectivity index (χ1) is 9.92. The Bertz CT molecular complexity index is 554. The van der Waals surface area contributed by atoms with E-state index >= 15 is 0 Å². The molecule has 1 aliphatic carbocycles. The van der Waals surface area contributed by atoms with E-state index in [1.807, 2.05) is 13.1 Å². The molecular weight excluding hydrogens is 304 g/mol. The zero-order valence-electron chi connectivity index (χ0n) is 13.1. The van der Waals surface area contributed by atoms with E-state index in [1.165, 1.54) is 11.3 Å². The first-order valence-corrected chi connectivity index (χ1v) is 9.98. The molecule has 4 nitrogen and oxygen atoms in total. The average Bonchev–Trinajstić information content (AvgIpc) is 2.89. The van der Waals surface area contributed by atoms with Crippen LogP contribution >= 0.6 is 11.3 Å². The van der Waals surface area contributed by atoms with Gasteiger partial charge in [-0.2, -0.15) is 0 Å². The molecule has 1 heterocycles. The second-order valence-electron chi connectivity index (χ2n) is 6.20. The van der Waals surface area contributed by atoms with Crippen LogP contribution in [0.3, 0.4) is 0 Å². The van der Waals surface area contributed by atoms with Crippen molar-refractivity contribution in [2.75, 3.05) is 13.6 Å². The lowest BCUT2D eigenvalue weighted by molar-refractivity contribution is 0.249. The molecule has 0 bridgehead atoms. The third kappa shape index (κ3) is 4.52. The minimum absolute atomic E-state index is 0.0778. The van der Waals surface area contributed by atoms with Crippen molar-refractivity contribution < 1.29 is 8.42 Å². The molecule has 120 valence electrons. The van der Waals surface area contributed by atoms with Gasteiger partial charge in [-0.3, -0.25) is 0 Å². The summed E-state index contributed by atoms with van der Waals surface area (Å²) in [5.41, 5.74) is 0. The molecule has 3 unspecified atom stereocenters. The highest BCUT2D eigenvalue weighted by Gasteiger charge is 2.29. The van der Waals surface area contributed by atoms with E-state index in [0.29, 0.717) is 16.0 Å².